The van der Waals surface area contributed by atoms with E-state index in [9.17, 15) is 0 Å². The Labute approximate surface area is 120 Å². The minimum atomic E-state index is 0.553. The lowest BCUT2D eigenvalue weighted by molar-refractivity contribution is 1.07. The molecule has 2 nitrogen and oxygen atoms in total. The Kier molecular flexibility index (Phi) is 3.32. The third-order valence-electron chi connectivity index (χ3n) is 3.14. The Bertz CT molecular complexity index is 738. The molecule has 0 amide bonds. The molecule has 0 bridgehead atoms. The number of halogens is 1. The van der Waals surface area contributed by atoms with Crippen LogP contribution in [0, 0.1) is 0 Å². The van der Waals surface area contributed by atoms with Crippen molar-refractivity contribution in [3.63, 3.8) is 0 Å². The van der Waals surface area contributed by atoms with Crippen molar-refractivity contribution in [2.45, 2.75) is 6.54 Å². The average molecular weight is 313 g/mol. The number of hydrogen-bond donors (Lipinski definition) is 1. The third-order valence-corrected chi connectivity index (χ3v) is 3.63. The van der Waals surface area contributed by atoms with Crippen LogP contribution in [-0.2, 0) is 6.54 Å². The number of benzene rings is 2. The van der Waals surface area contributed by atoms with E-state index in [1.54, 1.807) is 0 Å². The van der Waals surface area contributed by atoms with Crippen molar-refractivity contribution >= 4 is 26.8 Å². The first-order chi connectivity index (χ1) is 9.26. The van der Waals surface area contributed by atoms with Gasteiger partial charge < -0.3 is 5.73 Å². The summed E-state index contributed by atoms with van der Waals surface area (Å²) < 4.78 is 1.07. The molecule has 0 saturated heterocycles. The van der Waals surface area contributed by atoms with E-state index in [4.69, 9.17) is 5.73 Å². The lowest BCUT2D eigenvalue weighted by Crippen LogP contribution is -1.95. The molecule has 0 saturated carbocycles. The van der Waals surface area contributed by atoms with Crippen LogP contribution in [0.15, 0.2) is 59.2 Å². The van der Waals surface area contributed by atoms with Gasteiger partial charge in [-0.1, -0.05) is 34.1 Å². The van der Waals surface area contributed by atoms with E-state index in [1.165, 1.54) is 0 Å². The molecule has 19 heavy (non-hydrogen) atoms. The van der Waals surface area contributed by atoms with Crippen molar-refractivity contribution in [1.29, 1.82) is 0 Å². The predicted octanol–water partition coefficient (Wildman–Crippen LogP) is 4.12. The molecule has 3 heteroatoms. The molecule has 94 valence electrons. The van der Waals surface area contributed by atoms with Gasteiger partial charge in [0.05, 0.1) is 5.52 Å². The van der Waals surface area contributed by atoms with Crippen LogP contribution in [0.3, 0.4) is 0 Å². The van der Waals surface area contributed by atoms with Gasteiger partial charge in [0.15, 0.2) is 0 Å². The summed E-state index contributed by atoms with van der Waals surface area (Å²) in [6.07, 6.45) is 1.91. The number of hydrogen-bond acceptors (Lipinski definition) is 2. The topological polar surface area (TPSA) is 38.9 Å². The van der Waals surface area contributed by atoms with Crippen molar-refractivity contribution in [3.05, 3.63) is 64.8 Å². The van der Waals surface area contributed by atoms with Gasteiger partial charge in [0.25, 0.3) is 0 Å². The molecule has 1 aromatic heterocycles. The van der Waals surface area contributed by atoms with E-state index in [0.717, 1.165) is 32.1 Å². The standard InChI is InChI=1S/C16H13BrN2/c17-15-3-1-2-12(8-15)14-7-13-6-11(9-18)4-5-16(13)19-10-14/h1-8,10H,9,18H2. The first-order valence-corrected chi connectivity index (χ1v) is 6.90. The fourth-order valence-electron chi connectivity index (χ4n) is 2.13. The van der Waals surface area contributed by atoms with Crippen LogP contribution in [0.4, 0.5) is 0 Å². The summed E-state index contributed by atoms with van der Waals surface area (Å²) in [7, 11) is 0. The molecule has 1 heterocycles. The third kappa shape index (κ3) is 2.53. The predicted molar refractivity (Wildman–Crippen MR) is 82.8 cm³/mol. The quantitative estimate of drug-likeness (QED) is 0.773. The number of pyridine rings is 1. The molecule has 0 aliphatic carbocycles. The second kappa shape index (κ2) is 5.11. The van der Waals surface area contributed by atoms with Crippen LogP contribution >= 0.6 is 15.9 Å². The van der Waals surface area contributed by atoms with Gasteiger partial charge in [0.2, 0.25) is 0 Å². The molecule has 0 spiro atoms. The molecular weight excluding hydrogens is 300 g/mol. The zero-order chi connectivity index (χ0) is 13.2. The summed E-state index contributed by atoms with van der Waals surface area (Å²) >= 11 is 3.50. The highest BCUT2D eigenvalue weighted by molar-refractivity contribution is 9.10. The van der Waals surface area contributed by atoms with Crippen LogP contribution in [0.25, 0.3) is 22.0 Å². The van der Waals surface area contributed by atoms with Gasteiger partial charge in [0.1, 0.15) is 0 Å². The van der Waals surface area contributed by atoms with Crippen molar-refractivity contribution in [2.24, 2.45) is 5.73 Å². The summed E-state index contributed by atoms with van der Waals surface area (Å²) in [6.45, 7) is 0.553. The Balaban J connectivity index is 2.15. The first kappa shape index (κ1) is 12.3. The Morgan fingerprint density at radius 2 is 1.89 bits per heavy atom. The van der Waals surface area contributed by atoms with Gasteiger partial charge in [-0.05, 0) is 41.5 Å². The number of aromatic nitrogens is 1. The van der Waals surface area contributed by atoms with Crippen LogP contribution in [0.2, 0.25) is 0 Å². The van der Waals surface area contributed by atoms with E-state index < -0.39 is 0 Å². The molecule has 3 rings (SSSR count). The SMILES string of the molecule is NCc1ccc2ncc(-c3cccc(Br)c3)cc2c1. The van der Waals surface area contributed by atoms with E-state index in [-0.39, 0.29) is 0 Å². The average Bonchev–Trinajstić information content (AvgIpc) is 2.46. The summed E-state index contributed by atoms with van der Waals surface area (Å²) in [6, 6.07) is 16.5. The van der Waals surface area contributed by atoms with Crippen LogP contribution in [0.1, 0.15) is 5.56 Å². The molecule has 0 atom stereocenters. The Morgan fingerprint density at radius 3 is 2.68 bits per heavy atom. The smallest absolute Gasteiger partial charge is 0.0702 e. The summed E-state index contributed by atoms with van der Waals surface area (Å²) in [5, 5.41) is 1.13. The molecule has 0 radical (unpaired) electrons. The highest BCUT2D eigenvalue weighted by atomic mass is 79.9. The maximum Gasteiger partial charge on any atom is 0.0702 e. The molecule has 3 aromatic rings. The number of nitrogens with zero attached hydrogens (tertiary/aromatic N) is 1. The summed E-state index contributed by atoms with van der Waals surface area (Å²) in [5.41, 5.74) is 10.1. The van der Waals surface area contributed by atoms with Crippen molar-refractivity contribution in [2.75, 3.05) is 0 Å². The van der Waals surface area contributed by atoms with Gasteiger partial charge in [-0.2, -0.15) is 0 Å². The van der Waals surface area contributed by atoms with Gasteiger partial charge >= 0.3 is 0 Å². The molecule has 0 unspecified atom stereocenters. The monoisotopic (exact) mass is 312 g/mol. The molecular formula is C16H13BrN2. The minimum absolute atomic E-state index is 0.553. The van der Waals surface area contributed by atoms with Gasteiger partial charge in [0, 0.05) is 28.2 Å². The highest BCUT2D eigenvalue weighted by Crippen LogP contribution is 2.25. The van der Waals surface area contributed by atoms with Crippen LogP contribution in [-0.4, -0.2) is 4.98 Å². The molecule has 2 N–H and O–H groups in total. The Hall–Kier alpha value is -1.71. The van der Waals surface area contributed by atoms with Crippen molar-refractivity contribution < 1.29 is 0 Å². The fraction of sp³-hybridized carbons (Fsp3) is 0.0625. The second-order valence-electron chi connectivity index (χ2n) is 4.47. The largest absolute Gasteiger partial charge is 0.326 e. The van der Waals surface area contributed by atoms with E-state index in [0.29, 0.717) is 6.54 Å². The van der Waals surface area contributed by atoms with Gasteiger partial charge in [-0.3, -0.25) is 4.98 Å². The maximum atomic E-state index is 5.68. The van der Waals surface area contributed by atoms with Crippen molar-refractivity contribution in [1.82, 2.24) is 4.98 Å². The van der Waals surface area contributed by atoms with Gasteiger partial charge in [-0.15, -0.1) is 0 Å². The molecule has 2 aromatic carbocycles. The lowest BCUT2D eigenvalue weighted by atomic mass is 10.0. The summed E-state index contributed by atoms with van der Waals surface area (Å²) in [4.78, 5) is 4.51. The maximum absolute atomic E-state index is 5.68. The molecule has 0 aliphatic heterocycles. The van der Waals surface area contributed by atoms with Crippen LogP contribution in [0.5, 0.6) is 0 Å². The van der Waals surface area contributed by atoms with Gasteiger partial charge in [-0.25, -0.2) is 0 Å². The number of rotatable bonds is 2. The Morgan fingerprint density at radius 1 is 1.00 bits per heavy atom. The van der Waals surface area contributed by atoms with Crippen LogP contribution < -0.4 is 5.73 Å². The summed E-state index contributed by atoms with van der Waals surface area (Å²) in [5.74, 6) is 0. The zero-order valence-corrected chi connectivity index (χ0v) is 11.9. The second-order valence-corrected chi connectivity index (χ2v) is 5.38. The van der Waals surface area contributed by atoms with E-state index >= 15 is 0 Å². The normalized spacial score (nSPS) is 10.8. The first-order valence-electron chi connectivity index (χ1n) is 6.11. The lowest BCUT2D eigenvalue weighted by Gasteiger charge is -2.05. The zero-order valence-electron chi connectivity index (χ0n) is 10.3. The number of fused-ring (bicyclic) bond motifs is 1. The minimum Gasteiger partial charge on any atom is -0.326 e. The van der Waals surface area contributed by atoms with E-state index in [2.05, 4.69) is 45.2 Å². The molecule has 0 fully saturated rings. The van der Waals surface area contributed by atoms with Crippen molar-refractivity contribution in [3.8, 4) is 11.1 Å². The number of nitrogens with two attached hydrogens (primary N) is 1. The molecule has 0 aliphatic rings. The van der Waals surface area contributed by atoms with E-state index in [1.807, 2.05) is 30.5 Å². The highest BCUT2D eigenvalue weighted by Gasteiger charge is 2.02. The fourth-order valence-corrected chi connectivity index (χ4v) is 2.53.